The van der Waals surface area contributed by atoms with Crippen molar-refractivity contribution < 1.29 is 4.79 Å². The molecule has 25 heavy (non-hydrogen) atoms. The average molecular weight is 333 g/mol. The fourth-order valence-corrected chi connectivity index (χ4v) is 3.11. The van der Waals surface area contributed by atoms with Crippen molar-refractivity contribution in [1.29, 1.82) is 0 Å². The van der Waals surface area contributed by atoms with E-state index in [2.05, 4.69) is 25.9 Å². The summed E-state index contributed by atoms with van der Waals surface area (Å²) in [5.41, 5.74) is 2.98. The van der Waals surface area contributed by atoms with E-state index in [4.69, 9.17) is 0 Å². The Morgan fingerprint density at radius 3 is 2.80 bits per heavy atom. The molecule has 0 bridgehead atoms. The van der Waals surface area contributed by atoms with Gasteiger partial charge >= 0.3 is 0 Å². The first kappa shape index (κ1) is 15.5. The molecule has 0 saturated carbocycles. The Bertz CT molecular complexity index is 891. The van der Waals surface area contributed by atoms with Crippen LogP contribution in [0.25, 0.3) is 10.9 Å². The maximum atomic E-state index is 12.7. The number of hydrogen-bond donors (Lipinski definition) is 3. The monoisotopic (exact) mass is 333 g/mol. The minimum Gasteiger partial charge on any atom is -0.380 e. The lowest BCUT2D eigenvalue weighted by Gasteiger charge is -2.16. The first-order valence-corrected chi connectivity index (χ1v) is 8.37. The van der Waals surface area contributed by atoms with Crippen LogP contribution in [0, 0.1) is 0 Å². The number of nitrogens with zero attached hydrogens (tertiary/aromatic N) is 2. The molecule has 1 amide bonds. The van der Waals surface area contributed by atoms with Crippen LogP contribution in [0.15, 0.2) is 55.0 Å². The molecule has 1 atom stereocenters. The summed E-state index contributed by atoms with van der Waals surface area (Å²) in [6, 6.07) is 11.6. The van der Waals surface area contributed by atoms with Gasteiger partial charge < -0.3 is 16.0 Å². The van der Waals surface area contributed by atoms with Crippen LogP contribution in [0.5, 0.6) is 0 Å². The van der Waals surface area contributed by atoms with Crippen LogP contribution in [0.3, 0.4) is 0 Å². The Balaban J connectivity index is 1.67. The second-order valence-electron chi connectivity index (χ2n) is 6.08. The minimum absolute atomic E-state index is 0.177. The Morgan fingerprint density at radius 2 is 2.00 bits per heavy atom. The predicted molar refractivity (Wildman–Crippen MR) is 98.8 cm³/mol. The zero-order valence-corrected chi connectivity index (χ0v) is 13.7. The molecule has 6 nitrogen and oxygen atoms in total. The third-order valence-electron chi connectivity index (χ3n) is 4.37. The zero-order chi connectivity index (χ0) is 17.1. The van der Waals surface area contributed by atoms with Crippen molar-refractivity contribution in [2.24, 2.45) is 0 Å². The highest BCUT2D eigenvalue weighted by Crippen LogP contribution is 2.27. The van der Waals surface area contributed by atoms with E-state index >= 15 is 0 Å². The number of amides is 1. The van der Waals surface area contributed by atoms with Crippen molar-refractivity contribution in [2.45, 2.75) is 12.5 Å². The molecule has 3 heterocycles. The molecule has 0 unspecified atom stereocenters. The molecule has 1 aromatic carbocycles. The van der Waals surface area contributed by atoms with Crippen molar-refractivity contribution >= 4 is 28.2 Å². The Labute approximate surface area is 145 Å². The van der Waals surface area contributed by atoms with E-state index in [1.54, 1.807) is 30.7 Å². The lowest BCUT2D eigenvalue weighted by molar-refractivity contribution is 0.102. The molecule has 4 rings (SSSR count). The topological polar surface area (TPSA) is 78.9 Å². The molecule has 126 valence electrons. The molecule has 1 aliphatic heterocycles. The maximum Gasteiger partial charge on any atom is 0.257 e. The summed E-state index contributed by atoms with van der Waals surface area (Å²) >= 11 is 0. The van der Waals surface area contributed by atoms with Gasteiger partial charge in [-0.25, -0.2) is 0 Å². The summed E-state index contributed by atoms with van der Waals surface area (Å²) < 4.78 is 0. The van der Waals surface area contributed by atoms with Gasteiger partial charge in [0, 0.05) is 47.9 Å². The molecule has 6 heteroatoms. The number of carbonyl (C=O) groups is 1. The maximum absolute atomic E-state index is 12.7. The summed E-state index contributed by atoms with van der Waals surface area (Å²) in [6.07, 6.45) is 6.10. The number of rotatable bonds is 4. The number of benzene rings is 1. The van der Waals surface area contributed by atoms with Crippen molar-refractivity contribution in [3.63, 3.8) is 0 Å². The van der Waals surface area contributed by atoms with Gasteiger partial charge in [-0.1, -0.05) is 0 Å². The van der Waals surface area contributed by atoms with E-state index in [-0.39, 0.29) is 5.91 Å². The van der Waals surface area contributed by atoms with Gasteiger partial charge in [0.05, 0.1) is 11.1 Å². The number of aromatic nitrogens is 2. The lowest BCUT2D eigenvalue weighted by Crippen LogP contribution is -2.22. The summed E-state index contributed by atoms with van der Waals surface area (Å²) in [5.74, 6) is -0.177. The van der Waals surface area contributed by atoms with Crippen LogP contribution >= 0.6 is 0 Å². The lowest BCUT2D eigenvalue weighted by atomic mass is 10.1. The number of hydrogen-bond acceptors (Lipinski definition) is 5. The van der Waals surface area contributed by atoms with Gasteiger partial charge in [-0.3, -0.25) is 14.8 Å². The normalized spacial score (nSPS) is 16.7. The third-order valence-corrected chi connectivity index (χ3v) is 4.37. The quantitative estimate of drug-likeness (QED) is 0.684. The standard InChI is InChI=1S/C19H19N5O/c25-19(24-13-5-9-20-10-6-13)16-3-4-17(23-14-7-11-21-12-14)15-2-1-8-22-18(15)16/h1-6,8-10,14,21,23H,7,11-12H2,(H,20,24,25)/t14-/m0/s1. The highest BCUT2D eigenvalue weighted by atomic mass is 16.1. The van der Waals surface area contributed by atoms with Gasteiger partial charge in [-0.15, -0.1) is 0 Å². The first-order valence-electron chi connectivity index (χ1n) is 8.37. The van der Waals surface area contributed by atoms with Gasteiger partial charge in [0.1, 0.15) is 0 Å². The van der Waals surface area contributed by atoms with Crippen molar-refractivity contribution in [2.75, 3.05) is 23.7 Å². The molecular weight excluding hydrogens is 314 g/mol. The van der Waals surface area contributed by atoms with Crippen LogP contribution in [0.2, 0.25) is 0 Å². The fraction of sp³-hybridized carbons (Fsp3) is 0.211. The number of pyridine rings is 2. The van der Waals surface area contributed by atoms with Gasteiger partial charge in [-0.2, -0.15) is 0 Å². The predicted octanol–water partition coefficient (Wildman–Crippen LogP) is 2.66. The van der Waals surface area contributed by atoms with E-state index < -0.39 is 0 Å². The summed E-state index contributed by atoms with van der Waals surface area (Å²) in [7, 11) is 0. The van der Waals surface area contributed by atoms with E-state index in [1.807, 2.05) is 24.3 Å². The van der Waals surface area contributed by atoms with Crippen LogP contribution in [-0.4, -0.2) is 35.0 Å². The van der Waals surface area contributed by atoms with Crippen molar-refractivity contribution in [1.82, 2.24) is 15.3 Å². The highest BCUT2D eigenvalue weighted by molar-refractivity contribution is 6.13. The molecule has 3 N–H and O–H groups in total. The number of carbonyl (C=O) groups excluding carboxylic acids is 1. The summed E-state index contributed by atoms with van der Waals surface area (Å²) in [4.78, 5) is 21.1. The Morgan fingerprint density at radius 1 is 1.12 bits per heavy atom. The van der Waals surface area contributed by atoms with Gasteiger partial charge in [0.2, 0.25) is 0 Å². The number of fused-ring (bicyclic) bond motifs is 1. The highest BCUT2D eigenvalue weighted by Gasteiger charge is 2.18. The molecule has 0 radical (unpaired) electrons. The van der Waals surface area contributed by atoms with Crippen LogP contribution in [0.1, 0.15) is 16.8 Å². The van der Waals surface area contributed by atoms with Gasteiger partial charge in [-0.05, 0) is 49.4 Å². The van der Waals surface area contributed by atoms with Gasteiger partial charge in [0.15, 0.2) is 0 Å². The molecule has 1 saturated heterocycles. The second kappa shape index (κ2) is 6.86. The third kappa shape index (κ3) is 3.29. The van der Waals surface area contributed by atoms with Crippen molar-refractivity contribution in [3.05, 3.63) is 60.6 Å². The number of nitrogens with one attached hydrogen (secondary N) is 3. The molecule has 1 aliphatic rings. The molecule has 3 aromatic rings. The summed E-state index contributed by atoms with van der Waals surface area (Å²) in [5, 5.41) is 10.8. The van der Waals surface area contributed by atoms with Crippen LogP contribution in [-0.2, 0) is 0 Å². The van der Waals surface area contributed by atoms with E-state index in [0.717, 1.165) is 30.6 Å². The van der Waals surface area contributed by atoms with Crippen molar-refractivity contribution in [3.8, 4) is 0 Å². The van der Waals surface area contributed by atoms with E-state index in [9.17, 15) is 4.79 Å². The fourth-order valence-electron chi connectivity index (χ4n) is 3.11. The molecular formula is C19H19N5O. The molecule has 0 spiro atoms. The Kier molecular flexibility index (Phi) is 4.26. The second-order valence-corrected chi connectivity index (χ2v) is 6.08. The SMILES string of the molecule is O=C(Nc1ccncc1)c1ccc(N[C@H]2CCNC2)c2cccnc12. The zero-order valence-electron chi connectivity index (χ0n) is 13.7. The molecule has 2 aromatic heterocycles. The first-order chi connectivity index (χ1) is 12.3. The largest absolute Gasteiger partial charge is 0.380 e. The van der Waals surface area contributed by atoms with Crippen LogP contribution in [0.4, 0.5) is 11.4 Å². The smallest absolute Gasteiger partial charge is 0.257 e. The van der Waals surface area contributed by atoms with E-state index in [1.165, 1.54) is 0 Å². The van der Waals surface area contributed by atoms with Gasteiger partial charge in [0.25, 0.3) is 5.91 Å². The number of anilines is 2. The summed E-state index contributed by atoms with van der Waals surface area (Å²) in [6.45, 7) is 1.98. The molecule has 0 aliphatic carbocycles. The average Bonchev–Trinajstić information content (AvgIpc) is 3.16. The molecule has 1 fully saturated rings. The Hall–Kier alpha value is -2.99. The minimum atomic E-state index is -0.177. The van der Waals surface area contributed by atoms with Crippen LogP contribution < -0.4 is 16.0 Å². The van der Waals surface area contributed by atoms with E-state index in [0.29, 0.717) is 22.8 Å².